The van der Waals surface area contributed by atoms with Crippen LogP contribution in [0.25, 0.3) is 0 Å². The number of Topliss-reactive ketones (excluding diaryl/α,β-unsaturated/α-hetero) is 1. The summed E-state index contributed by atoms with van der Waals surface area (Å²) in [7, 11) is 0. The lowest BCUT2D eigenvalue weighted by Crippen LogP contribution is -2.40. The van der Waals surface area contributed by atoms with Gasteiger partial charge in [0, 0.05) is 11.1 Å². The molecule has 0 radical (unpaired) electrons. The summed E-state index contributed by atoms with van der Waals surface area (Å²) in [6.45, 7) is 1.72. The molecule has 0 aromatic carbocycles. The molecule has 1 heterocycles. The van der Waals surface area contributed by atoms with Gasteiger partial charge in [-0.25, -0.2) is 9.29 Å². The van der Waals surface area contributed by atoms with Gasteiger partial charge in [0.1, 0.15) is 18.4 Å². The van der Waals surface area contributed by atoms with Crippen LogP contribution in [0.3, 0.4) is 0 Å². The van der Waals surface area contributed by atoms with Crippen LogP contribution >= 0.6 is 11.6 Å². The maximum atomic E-state index is 15.1. The summed E-state index contributed by atoms with van der Waals surface area (Å²) >= 11 is 6.03. The number of imide groups is 1. The lowest BCUT2D eigenvalue weighted by atomic mass is 9.93. The molecule has 27 heavy (non-hydrogen) atoms. The molecule has 0 saturated carbocycles. The van der Waals surface area contributed by atoms with Crippen LogP contribution in [0.4, 0.5) is 4.39 Å². The fraction of sp³-hybridized carbons (Fsp3) is 0.389. The highest BCUT2D eigenvalue weighted by Gasteiger charge is 2.45. The molecule has 2 amide bonds. The van der Waals surface area contributed by atoms with E-state index in [2.05, 4.69) is 5.16 Å². The first-order valence-electron chi connectivity index (χ1n) is 8.43. The van der Waals surface area contributed by atoms with Crippen LogP contribution in [0.1, 0.15) is 32.6 Å². The molecule has 1 atom stereocenters. The Morgan fingerprint density at radius 3 is 2.48 bits per heavy atom. The van der Waals surface area contributed by atoms with Crippen LogP contribution in [0, 0.1) is 11.3 Å². The molecule has 140 valence electrons. The van der Waals surface area contributed by atoms with Gasteiger partial charge in [0.15, 0.2) is 6.17 Å². The summed E-state index contributed by atoms with van der Waals surface area (Å²) in [6, 6.07) is 1.40. The molecule has 0 aromatic rings. The average Bonchev–Trinajstić information content (AvgIpc) is 2.93. The van der Waals surface area contributed by atoms with Gasteiger partial charge in [-0.15, -0.1) is 0 Å². The lowest BCUT2D eigenvalue weighted by Gasteiger charge is -2.26. The zero-order valence-corrected chi connectivity index (χ0v) is 15.2. The number of amides is 2. The number of rotatable bonds is 4. The Hall–Kier alpha value is -2.79. The molecule has 1 aliphatic heterocycles. The van der Waals surface area contributed by atoms with E-state index >= 15 is 4.39 Å². The summed E-state index contributed by atoms with van der Waals surface area (Å²) in [5.74, 6) is -2.26. The highest BCUT2D eigenvalue weighted by molar-refractivity contribution is 6.47. The third-order valence-corrected chi connectivity index (χ3v) is 4.94. The Morgan fingerprint density at radius 2 is 1.96 bits per heavy atom. The molecule has 1 unspecified atom stereocenters. The third-order valence-electron chi connectivity index (χ3n) is 4.54. The lowest BCUT2D eigenvalue weighted by molar-refractivity contribution is -0.135. The maximum Gasteiger partial charge on any atom is 0.263 e. The van der Waals surface area contributed by atoms with Gasteiger partial charge in [0.2, 0.25) is 0 Å². The molecule has 0 spiro atoms. The van der Waals surface area contributed by atoms with Crippen LogP contribution in [0.2, 0.25) is 0 Å². The molecule has 0 aromatic heterocycles. The van der Waals surface area contributed by atoms with Gasteiger partial charge >= 0.3 is 0 Å². The van der Waals surface area contributed by atoms with Crippen LogP contribution in [-0.2, 0) is 19.2 Å². The topological polar surface area (TPSA) is 99.8 Å². The second kappa shape index (κ2) is 7.45. The van der Waals surface area contributed by atoms with Crippen molar-refractivity contribution in [3.05, 3.63) is 33.5 Å². The highest BCUT2D eigenvalue weighted by Crippen LogP contribution is 2.38. The predicted octanol–water partition coefficient (Wildman–Crippen LogP) is 2.44. The van der Waals surface area contributed by atoms with E-state index in [0.717, 1.165) is 23.8 Å². The number of halogens is 2. The van der Waals surface area contributed by atoms with Crippen molar-refractivity contribution in [2.24, 2.45) is 5.16 Å². The van der Waals surface area contributed by atoms with Crippen molar-refractivity contribution in [2.75, 3.05) is 6.61 Å². The molecule has 0 fully saturated rings. The number of nitrogens with zero attached hydrogens (tertiary/aromatic N) is 3. The normalized spacial score (nSPS) is 24.2. The molecule has 0 bridgehead atoms. The molecule has 0 N–H and O–H groups in total. The van der Waals surface area contributed by atoms with E-state index in [9.17, 15) is 14.4 Å². The van der Waals surface area contributed by atoms with E-state index < -0.39 is 29.5 Å². The zero-order chi connectivity index (χ0) is 19.7. The number of nitriles is 1. The second-order valence-electron chi connectivity index (χ2n) is 6.10. The molecule has 7 nitrogen and oxygen atoms in total. The Bertz CT molecular complexity index is 882. The summed E-state index contributed by atoms with van der Waals surface area (Å²) in [6.07, 6.45) is 1.34. The summed E-state index contributed by atoms with van der Waals surface area (Å²) in [5, 5.41) is 12.1. The zero-order valence-electron chi connectivity index (χ0n) is 14.4. The quantitative estimate of drug-likeness (QED) is 0.416. The fourth-order valence-electron chi connectivity index (χ4n) is 3.27. The van der Waals surface area contributed by atoms with Crippen molar-refractivity contribution in [2.45, 2.75) is 38.8 Å². The number of alkyl halides is 1. The maximum absolute atomic E-state index is 15.1. The van der Waals surface area contributed by atoms with Crippen molar-refractivity contribution in [1.29, 1.82) is 5.26 Å². The van der Waals surface area contributed by atoms with Gasteiger partial charge in [-0.2, -0.15) is 5.26 Å². The second-order valence-corrected chi connectivity index (χ2v) is 6.48. The standard InChI is InChI=1S/C18H15ClFN3O4/c1-2-27-22-16-14(19)11(13(24)8-21)7-12(15(16)20)23-17(25)9-5-3-4-6-10(9)18(23)26/h7,15H,2-6H2,1H3. The van der Waals surface area contributed by atoms with Gasteiger partial charge in [-0.3, -0.25) is 14.4 Å². The summed E-state index contributed by atoms with van der Waals surface area (Å²) < 4.78 is 15.1. The smallest absolute Gasteiger partial charge is 0.263 e. The minimum atomic E-state index is -2.06. The average molecular weight is 392 g/mol. The number of oxime groups is 1. The van der Waals surface area contributed by atoms with Crippen molar-refractivity contribution in [3.63, 3.8) is 0 Å². The Balaban J connectivity index is 2.09. The molecule has 3 rings (SSSR count). The van der Waals surface area contributed by atoms with Crippen molar-refractivity contribution in [1.82, 2.24) is 4.90 Å². The molecule has 9 heteroatoms. The fourth-order valence-corrected chi connectivity index (χ4v) is 3.54. The predicted molar refractivity (Wildman–Crippen MR) is 92.9 cm³/mol. The largest absolute Gasteiger partial charge is 0.396 e. The Kier molecular flexibility index (Phi) is 5.24. The van der Waals surface area contributed by atoms with E-state index in [4.69, 9.17) is 21.7 Å². The van der Waals surface area contributed by atoms with Gasteiger partial charge in [-0.1, -0.05) is 16.8 Å². The monoisotopic (exact) mass is 391 g/mol. The van der Waals surface area contributed by atoms with Crippen LogP contribution in [0.5, 0.6) is 0 Å². The van der Waals surface area contributed by atoms with E-state index in [1.165, 1.54) is 6.07 Å². The highest BCUT2D eigenvalue weighted by atomic mass is 35.5. The molecule has 0 saturated heterocycles. The number of allylic oxidation sites excluding steroid dienone is 4. The van der Waals surface area contributed by atoms with Crippen LogP contribution < -0.4 is 0 Å². The first-order valence-corrected chi connectivity index (χ1v) is 8.81. The van der Waals surface area contributed by atoms with E-state index in [1.807, 2.05) is 0 Å². The molecule has 2 aliphatic carbocycles. The van der Waals surface area contributed by atoms with Gasteiger partial charge in [0.25, 0.3) is 17.6 Å². The number of hydrogen-bond acceptors (Lipinski definition) is 6. The number of ketones is 1. The Morgan fingerprint density at radius 1 is 1.37 bits per heavy atom. The van der Waals surface area contributed by atoms with E-state index in [0.29, 0.717) is 24.0 Å². The van der Waals surface area contributed by atoms with Gasteiger partial charge in [-0.05, 0) is 38.7 Å². The van der Waals surface area contributed by atoms with Gasteiger partial charge < -0.3 is 4.84 Å². The van der Waals surface area contributed by atoms with E-state index in [1.54, 1.807) is 6.92 Å². The first-order chi connectivity index (χ1) is 12.9. The summed E-state index contributed by atoms with van der Waals surface area (Å²) in [5.41, 5.74) is -0.444. The number of hydrogen-bond donors (Lipinski definition) is 0. The molecule has 3 aliphatic rings. The number of carbonyl (C=O) groups is 3. The first kappa shape index (κ1) is 19.0. The SMILES string of the molecule is CCON=C1C(Cl)=C(C(=O)C#N)C=C(N2C(=O)C3=C(CCCC3)C2=O)C1F. The van der Waals surface area contributed by atoms with Crippen LogP contribution in [0.15, 0.2) is 38.7 Å². The van der Waals surface area contributed by atoms with E-state index in [-0.39, 0.29) is 22.9 Å². The third kappa shape index (κ3) is 3.08. The minimum absolute atomic E-state index is 0.110. The van der Waals surface area contributed by atoms with Crippen molar-refractivity contribution in [3.8, 4) is 6.07 Å². The summed E-state index contributed by atoms with van der Waals surface area (Å²) in [4.78, 5) is 42.9. The molecular weight excluding hydrogens is 377 g/mol. The van der Waals surface area contributed by atoms with Gasteiger partial charge in [0.05, 0.1) is 16.3 Å². The van der Waals surface area contributed by atoms with Crippen molar-refractivity contribution < 1.29 is 23.6 Å². The number of carbonyl (C=O) groups excluding carboxylic acids is 3. The van der Waals surface area contributed by atoms with Crippen LogP contribution in [-0.4, -0.2) is 41.0 Å². The Labute approximate surface area is 159 Å². The van der Waals surface area contributed by atoms with Crippen molar-refractivity contribution >= 4 is 34.9 Å². The minimum Gasteiger partial charge on any atom is -0.396 e. The molecular formula is C18H15ClFN3O4.